The molecule has 146 valence electrons. The molecule has 29 heavy (non-hydrogen) atoms. The smallest absolute Gasteiger partial charge is 0.196 e. The molecule has 3 aromatic carbocycles. The summed E-state index contributed by atoms with van der Waals surface area (Å²) in [5, 5.41) is 10.2. The molecule has 0 fully saturated rings. The van der Waals surface area contributed by atoms with Crippen LogP contribution in [0.5, 0.6) is 0 Å². The van der Waals surface area contributed by atoms with Gasteiger partial charge >= 0.3 is 0 Å². The van der Waals surface area contributed by atoms with Crippen molar-refractivity contribution in [1.29, 1.82) is 0 Å². The minimum absolute atomic E-state index is 0.212. The Morgan fingerprint density at radius 1 is 0.931 bits per heavy atom. The van der Waals surface area contributed by atoms with E-state index in [0.29, 0.717) is 21.5 Å². The molecule has 0 bridgehead atoms. The van der Waals surface area contributed by atoms with E-state index in [4.69, 9.17) is 11.6 Å². The summed E-state index contributed by atoms with van der Waals surface area (Å²) in [6.45, 7) is 2.13. The fraction of sp³-hybridized carbons (Fsp3) is 0.130. The van der Waals surface area contributed by atoms with Gasteiger partial charge in [0.05, 0.1) is 0 Å². The third-order valence-corrected chi connectivity index (χ3v) is 5.88. The lowest BCUT2D eigenvalue weighted by molar-refractivity contribution is 0.617. The van der Waals surface area contributed by atoms with E-state index < -0.39 is 0 Å². The molecule has 3 nitrogen and oxygen atoms in total. The van der Waals surface area contributed by atoms with Gasteiger partial charge in [0.2, 0.25) is 0 Å². The number of nitrogens with zero attached hydrogens (tertiary/aromatic N) is 3. The second-order valence-corrected chi connectivity index (χ2v) is 7.93. The Labute approximate surface area is 178 Å². The van der Waals surface area contributed by atoms with Crippen LogP contribution in [0.1, 0.15) is 18.1 Å². The summed E-state index contributed by atoms with van der Waals surface area (Å²) in [7, 11) is 0. The fourth-order valence-electron chi connectivity index (χ4n) is 3.02. The van der Waals surface area contributed by atoms with Crippen molar-refractivity contribution in [3.05, 3.63) is 94.8 Å². The van der Waals surface area contributed by atoms with Crippen LogP contribution in [0.2, 0.25) is 5.02 Å². The molecule has 0 unspecified atom stereocenters. The number of hydrogen-bond acceptors (Lipinski definition) is 3. The summed E-state index contributed by atoms with van der Waals surface area (Å²) in [6, 6.07) is 22.7. The number of halogens is 2. The number of aryl methyl sites for hydroxylation is 1. The van der Waals surface area contributed by atoms with Crippen LogP contribution in [0.25, 0.3) is 17.1 Å². The first-order valence-corrected chi connectivity index (χ1v) is 10.7. The van der Waals surface area contributed by atoms with Gasteiger partial charge in [0, 0.05) is 22.0 Å². The number of rotatable bonds is 6. The second-order valence-electron chi connectivity index (χ2n) is 6.55. The maximum absolute atomic E-state index is 14.0. The van der Waals surface area contributed by atoms with Crippen molar-refractivity contribution in [2.45, 2.75) is 24.3 Å². The maximum Gasteiger partial charge on any atom is 0.196 e. The molecule has 0 saturated heterocycles. The van der Waals surface area contributed by atoms with E-state index in [2.05, 4.69) is 41.4 Å². The highest BCUT2D eigenvalue weighted by Gasteiger charge is 2.17. The molecular formula is C23H19ClFN3S. The van der Waals surface area contributed by atoms with Crippen molar-refractivity contribution < 1.29 is 4.39 Å². The molecule has 0 saturated carbocycles. The average molecular weight is 424 g/mol. The summed E-state index contributed by atoms with van der Waals surface area (Å²) in [5.74, 6) is 0.983. The predicted octanol–water partition coefficient (Wildman–Crippen LogP) is 6.58. The zero-order chi connectivity index (χ0) is 20.2. The van der Waals surface area contributed by atoms with Crippen LogP contribution in [0.15, 0.2) is 78.0 Å². The summed E-state index contributed by atoms with van der Waals surface area (Å²) < 4.78 is 16.0. The van der Waals surface area contributed by atoms with Crippen LogP contribution >= 0.6 is 23.4 Å². The lowest BCUT2D eigenvalue weighted by Crippen LogP contribution is -2.00. The summed E-state index contributed by atoms with van der Waals surface area (Å²) in [6.07, 6.45) is 0.974. The molecule has 4 rings (SSSR count). The third kappa shape index (κ3) is 4.36. The van der Waals surface area contributed by atoms with Crippen LogP contribution in [0.4, 0.5) is 4.39 Å². The second kappa shape index (κ2) is 8.80. The van der Waals surface area contributed by atoms with Gasteiger partial charge in [-0.05, 0) is 60.0 Å². The Morgan fingerprint density at radius 3 is 2.34 bits per heavy atom. The Morgan fingerprint density at radius 2 is 1.66 bits per heavy atom. The first kappa shape index (κ1) is 19.7. The van der Waals surface area contributed by atoms with Crippen LogP contribution in [-0.2, 0) is 12.2 Å². The molecule has 0 aliphatic heterocycles. The normalized spacial score (nSPS) is 11.0. The molecule has 4 aromatic rings. The molecule has 1 heterocycles. The van der Waals surface area contributed by atoms with Crippen LogP contribution in [-0.4, -0.2) is 14.8 Å². The molecule has 6 heteroatoms. The van der Waals surface area contributed by atoms with E-state index in [-0.39, 0.29) is 5.82 Å². The van der Waals surface area contributed by atoms with Gasteiger partial charge < -0.3 is 0 Å². The quantitative estimate of drug-likeness (QED) is 0.328. The van der Waals surface area contributed by atoms with Gasteiger partial charge in [0.15, 0.2) is 11.0 Å². The molecule has 0 atom stereocenters. The maximum atomic E-state index is 14.0. The molecule has 1 aromatic heterocycles. The molecular weight excluding hydrogens is 405 g/mol. The number of aromatic nitrogens is 3. The predicted molar refractivity (Wildman–Crippen MR) is 117 cm³/mol. The summed E-state index contributed by atoms with van der Waals surface area (Å²) in [5.41, 5.74) is 3.78. The van der Waals surface area contributed by atoms with E-state index in [1.807, 2.05) is 34.9 Å². The number of thioether (sulfide) groups is 1. The Balaban J connectivity index is 1.74. The zero-order valence-corrected chi connectivity index (χ0v) is 17.4. The van der Waals surface area contributed by atoms with Crippen LogP contribution < -0.4 is 0 Å². The Hall–Kier alpha value is -2.63. The molecule has 0 radical (unpaired) electrons. The van der Waals surface area contributed by atoms with Gasteiger partial charge in [-0.2, -0.15) is 0 Å². The highest BCUT2D eigenvalue weighted by molar-refractivity contribution is 7.98. The Bertz CT molecular complexity index is 1110. The van der Waals surface area contributed by atoms with Gasteiger partial charge in [0.25, 0.3) is 0 Å². The standard InChI is InChI=1S/C23H19ClFN3S/c1-2-16-7-13-20(14-8-16)28-22(17-9-11-19(24)12-10-17)26-27-23(28)29-15-18-5-3-4-6-21(18)25/h3-14H,2,15H2,1H3. The van der Waals surface area contributed by atoms with Gasteiger partial charge in [0.1, 0.15) is 5.82 Å². The minimum Gasteiger partial charge on any atom is -0.270 e. The molecule has 0 N–H and O–H groups in total. The van der Waals surface area contributed by atoms with Crippen molar-refractivity contribution >= 4 is 23.4 Å². The van der Waals surface area contributed by atoms with Crippen molar-refractivity contribution in [2.24, 2.45) is 0 Å². The van der Waals surface area contributed by atoms with Crippen molar-refractivity contribution in [1.82, 2.24) is 14.8 Å². The lowest BCUT2D eigenvalue weighted by Gasteiger charge is -2.11. The zero-order valence-electron chi connectivity index (χ0n) is 15.8. The third-order valence-electron chi connectivity index (χ3n) is 4.65. The largest absolute Gasteiger partial charge is 0.270 e. The first-order valence-electron chi connectivity index (χ1n) is 9.32. The average Bonchev–Trinajstić information content (AvgIpc) is 3.17. The molecule has 0 aliphatic carbocycles. The lowest BCUT2D eigenvalue weighted by atomic mass is 10.1. The van der Waals surface area contributed by atoms with Gasteiger partial charge in [-0.25, -0.2) is 4.39 Å². The number of benzene rings is 3. The first-order chi connectivity index (χ1) is 14.2. The van der Waals surface area contributed by atoms with Gasteiger partial charge in [-0.15, -0.1) is 10.2 Å². The highest BCUT2D eigenvalue weighted by atomic mass is 35.5. The molecule has 0 spiro atoms. The summed E-state index contributed by atoms with van der Waals surface area (Å²) >= 11 is 7.51. The van der Waals surface area contributed by atoms with Gasteiger partial charge in [-0.3, -0.25) is 4.57 Å². The van der Waals surface area contributed by atoms with Crippen LogP contribution in [0, 0.1) is 5.82 Å². The van der Waals surface area contributed by atoms with Gasteiger partial charge in [-0.1, -0.05) is 60.6 Å². The minimum atomic E-state index is -0.212. The SMILES string of the molecule is CCc1ccc(-n2c(SCc3ccccc3F)nnc2-c2ccc(Cl)cc2)cc1. The van der Waals surface area contributed by atoms with Crippen LogP contribution in [0.3, 0.4) is 0 Å². The summed E-state index contributed by atoms with van der Waals surface area (Å²) in [4.78, 5) is 0. The van der Waals surface area contributed by atoms with E-state index in [0.717, 1.165) is 23.5 Å². The van der Waals surface area contributed by atoms with E-state index in [9.17, 15) is 4.39 Å². The fourth-order valence-corrected chi connectivity index (χ4v) is 4.08. The van der Waals surface area contributed by atoms with E-state index >= 15 is 0 Å². The number of hydrogen-bond donors (Lipinski definition) is 0. The monoisotopic (exact) mass is 423 g/mol. The van der Waals surface area contributed by atoms with Crippen molar-refractivity contribution in [2.75, 3.05) is 0 Å². The van der Waals surface area contributed by atoms with E-state index in [1.165, 1.54) is 23.4 Å². The topological polar surface area (TPSA) is 30.7 Å². The molecule has 0 aliphatic rings. The van der Waals surface area contributed by atoms with Crippen molar-refractivity contribution in [3.8, 4) is 17.1 Å². The Kier molecular flexibility index (Phi) is 5.97. The van der Waals surface area contributed by atoms with E-state index in [1.54, 1.807) is 12.1 Å². The molecule has 0 amide bonds. The highest BCUT2D eigenvalue weighted by Crippen LogP contribution is 2.31. The van der Waals surface area contributed by atoms with Crippen molar-refractivity contribution in [3.63, 3.8) is 0 Å².